The normalized spacial score (nSPS) is 11.1. The summed E-state index contributed by atoms with van der Waals surface area (Å²) in [5.41, 5.74) is 6.53. The molecule has 0 radical (unpaired) electrons. The van der Waals surface area contributed by atoms with E-state index in [1.54, 1.807) is 13.8 Å². The highest BCUT2D eigenvalue weighted by Gasteiger charge is 2.24. The lowest BCUT2D eigenvalue weighted by Gasteiger charge is -2.24. The van der Waals surface area contributed by atoms with E-state index in [0.29, 0.717) is 5.56 Å². The molecule has 82 valence electrons. The molecular formula is C10H14N2OS2. The van der Waals surface area contributed by atoms with Gasteiger partial charge in [0.15, 0.2) is 0 Å². The molecule has 1 rings (SSSR count). The lowest BCUT2D eigenvalue weighted by Crippen LogP contribution is -2.52. The van der Waals surface area contributed by atoms with Crippen LogP contribution in [-0.2, 0) is 0 Å². The van der Waals surface area contributed by atoms with Crippen molar-refractivity contribution in [2.75, 3.05) is 0 Å². The fourth-order valence-electron chi connectivity index (χ4n) is 1.01. The summed E-state index contributed by atoms with van der Waals surface area (Å²) in [6.45, 7) is 5.48. The number of carbonyl (C=O) groups is 1. The molecule has 0 saturated heterocycles. The van der Waals surface area contributed by atoms with Gasteiger partial charge in [-0.3, -0.25) is 4.79 Å². The maximum Gasteiger partial charge on any atom is 0.253 e. The quantitative estimate of drug-likeness (QED) is 0.795. The third kappa shape index (κ3) is 2.76. The number of nitrogens with two attached hydrogens (primary N) is 1. The third-order valence-corrected chi connectivity index (χ3v) is 3.51. The Bertz CT molecular complexity index is 396. The number of thiocarbonyl (C=S) groups is 1. The van der Waals surface area contributed by atoms with E-state index in [1.165, 1.54) is 11.3 Å². The molecule has 1 aromatic rings. The van der Waals surface area contributed by atoms with E-state index in [-0.39, 0.29) is 10.9 Å². The van der Waals surface area contributed by atoms with Crippen molar-refractivity contribution in [3.8, 4) is 0 Å². The summed E-state index contributed by atoms with van der Waals surface area (Å²) in [5.74, 6) is -0.133. The van der Waals surface area contributed by atoms with Gasteiger partial charge in [-0.1, -0.05) is 12.2 Å². The van der Waals surface area contributed by atoms with Crippen molar-refractivity contribution in [2.45, 2.75) is 26.3 Å². The van der Waals surface area contributed by atoms with Gasteiger partial charge in [-0.05, 0) is 31.7 Å². The van der Waals surface area contributed by atoms with Crippen molar-refractivity contribution in [1.82, 2.24) is 5.32 Å². The fourth-order valence-corrected chi connectivity index (χ4v) is 1.89. The predicted octanol–water partition coefficient (Wildman–Crippen LogP) is 1.85. The lowest BCUT2D eigenvalue weighted by molar-refractivity contribution is 0.0932. The first-order valence-corrected chi connectivity index (χ1v) is 5.85. The molecule has 1 amide bonds. The molecule has 3 nitrogen and oxygen atoms in total. The molecule has 5 heteroatoms. The van der Waals surface area contributed by atoms with Gasteiger partial charge >= 0.3 is 0 Å². The second-order valence-corrected chi connectivity index (χ2v) is 5.10. The first kappa shape index (κ1) is 12.1. The summed E-state index contributed by atoms with van der Waals surface area (Å²) in [7, 11) is 0. The smallest absolute Gasteiger partial charge is 0.253 e. The number of aryl methyl sites for hydroxylation is 1. The third-order valence-electron chi connectivity index (χ3n) is 2.14. The molecular weight excluding hydrogens is 228 g/mol. The molecule has 0 spiro atoms. The first-order valence-electron chi connectivity index (χ1n) is 4.50. The van der Waals surface area contributed by atoms with Gasteiger partial charge in [0.25, 0.3) is 5.91 Å². The highest BCUT2D eigenvalue weighted by molar-refractivity contribution is 7.80. The van der Waals surface area contributed by atoms with E-state index in [4.69, 9.17) is 18.0 Å². The Hall–Kier alpha value is -0.940. The molecule has 15 heavy (non-hydrogen) atoms. The van der Waals surface area contributed by atoms with E-state index >= 15 is 0 Å². The number of hydrogen-bond donors (Lipinski definition) is 2. The SMILES string of the molecule is Cc1cscc1C(=O)NC(C)(C)C(N)=S. The topological polar surface area (TPSA) is 55.1 Å². The number of hydrogen-bond acceptors (Lipinski definition) is 3. The summed E-state index contributed by atoms with van der Waals surface area (Å²) in [5, 5.41) is 6.55. The lowest BCUT2D eigenvalue weighted by atomic mass is 10.0. The largest absolute Gasteiger partial charge is 0.391 e. The number of nitrogens with one attached hydrogen (secondary N) is 1. The van der Waals surface area contributed by atoms with E-state index in [1.807, 2.05) is 17.7 Å². The average Bonchev–Trinajstić information content (AvgIpc) is 2.50. The van der Waals surface area contributed by atoms with E-state index in [2.05, 4.69) is 5.32 Å². The second kappa shape index (κ2) is 4.28. The van der Waals surface area contributed by atoms with Crippen LogP contribution in [0.5, 0.6) is 0 Å². The fraction of sp³-hybridized carbons (Fsp3) is 0.400. The van der Waals surface area contributed by atoms with Gasteiger partial charge in [-0.2, -0.15) is 11.3 Å². The Balaban J connectivity index is 2.81. The minimum Gasteiger partial charge on any atom is -0.391 e. The molecule has 0 aliphatic heterocycles. The average molecular weight is 242 g/mol. The minimum absolute atomic E-state index is 0.133. The van der Waals surface area contributed by atoms with Crippen LogP contribution in [-0.4, -0.2) is 16.4 Å². The van der Waals surface area contributed by atoms with Crippen LogP contribution in [0.1, 0.15) is 29.8 Å². The van der Waals surface area contributed by atoms with Crippen LogP contribution < -0.4 is 11.1 Å². The number of amides is 1. The van der Waals surface area contributed by atoms with Gasteiger partial charge in [0, 0.05) is 5.38 Å². The molecule has 1 heterocycles. The van der Waals surface area contributed by atoms with Crippen molar-refractivity contribution < 1.29 is 4.79 Å². The number of rotatable bonds is 3. The zero-order valence-electron chi connectivity index (χ0n) is 8.96. The standard InChI is InChI=1S/C10H14N2OS2/c1-6-4-15-5-7(6)8(13)12-10(2,3)9(11)14/h4-5H,1-3H3,(H2,11,14)(H,12,13). The van der Waals surface area contributed by atoms with E-state index < -0.39 is 5.54 Å². The zero-order chi connectivity index (χ0) is 11.6. The molecule has 0 aliphatic carbocycles. The minimum atomic E-state index is -0.652. The monoisotopic (exact) mass is 242 g/mol. The zero-order valence-corrected chi connectivity index (χ0v) is 10.6. The summed E-state index contributed by atoms with van der Waals surface area (Å²) in [6, 6.07) is 0. The first-order chi connectivity index (χ1) is 6.84. The van der Waals surface area contributed by atoms with Crippen LogP contribution in [0.25, 0.3) is 0 Å². The highest BCUT2D eigenvalue weighted by Crippen LogP contribution is 2.14. The van der Waals surface area contributed by atoms with Gasteiger partial charge in [-0.25, -0.2) is 0 Å². The molecule has 0 saturated carbocycles. The summed E-state index contributed by atoms with van der Waals surface area (Å²) in [6.07, 6.45) is 0. The summed E-state index contributed by atoms with van der Waals surface area (Å²) >= 11 is 6.38. The van der Waals surface area contributed by atoms with Crippen LogP contribution in [0.3, 0.4) is 0 Å². The second-order valence-electron chi connectivity index (χ2n) is 3.91. The molecule has 0 atom stereocenters. The van der Waals surface area contributed by atoms with Gasteiger partial charge in [0.1, 0.15) is 0 Å². The summed E-state index contributed by atoms with van der Waals surface area (Å²) < 4.78 is 0. The van der Waals surface area contributed by atoms with E-state index in [9.17, 15) is 4.79 Å². The molecule has 0 aliphatic rings. The predicted molar refractivity (Wildman–Crippen MR) is 67.4 cm³/mol. The van der Waals surface area contributed by atoms with Gasteiger partial charge in [0.2, 0.25) is 0 Å². The van der Waals surface area contributed by atoms with Crippen LogP contribution in [0.2, 0.25) is 0 Å². The Morgan fingerprint density at radius 1 is 1.53 bits per heavy atom. The van der Waals surface area contributed by atoms with Crippen molar-refractivity contribution in [2.24, 2.45) is 5.73 Å². The maximum absolute atomic E-state index is 11.8. The van der Waals surface area contributed by atoms with Crippen molar-refractivity contribution in [1.29, 1.82) is 0 Å². The van der Waals surface area contributed by atoms with Gasteiger partial charge in [0.05, 0.1) is 16.1 Å². The van der Waals surface area contributed by atoms with Crippen LogP contribution in [0.4, 0.5) is 0 Å². The maximum atomic E-state index is 11.8. The van der Waals surface area contributed by atoms with Gasteiger partial charge < -0.3 is 11.1 Å². The van der Waals surface area contributed by atoms with Crippen LogP contribution >= 0.6 is 23.6 Å². The molecule has 0 unspecified atom stereocenters. The number of thiophene rings is 1. The van der Waals surface area contributed by atoms with Crippen molar-refractivity contribution in [3.05, 3.63) is 21.9 Å². The molecule has 0 aromatic carbocycles. The van der Waals surface area contributed by atoms with Crippen molar-refractivity contribution in [3.63, 3.8) is 0 Å². The highest BCUT2D eigenvalue weighted by atomic mass is 32.1. The van der Waals surface area contributed by atoms with Gasteiger partial charge in [-0.15, -0.1) is 0 Å². The number of carbonyl (C=O) groups excluding carboxylic acids is 1. The molecule has 0 bridgehead atoms. The Morgan fingerprint density at radius 2 is 2.13 bits per heavy atom. The van der Waals surface area contributed by atoms with Crippen LogP contribution in [0, 0.1) is 6.92 Å². The Labute approximate surface area is 98.7 Å². The Morgan fingerprint density at radius 3 is 2.53 bits per heavy atom. The van der Waals surface area contributed by atoms with Crippen molar-refractivity contribution >= 4 is 34.5 Å². The van der Waals surface area contributed by atoms with E-state index in [0.717, 1.165) is 5.56 Å². The molecule has 3 N–H and O–H groups in total. The van der Waals surface area contributed by atoms with Crippen LogP contribution in [0.15, 0.2) is 10.8 Å². The molecule has 0 fully saturated rings. The summed E-state index contributed by atoms with van der Waals surface area (Å²) in [4.78, 5) is 12.1. The Kier molecular flexibility index (Phi) is 3.46. The molecule has 1 aromatic heterocycles.